The third kappa shape index (κ3) is 3.58. The lowest BCUT2D eigenvalue weighted by Crippen LogP contribution is -2.11. The second-order valence-electron chi connectivity index (χ2n) is 5.89. The molecule has 26 heavy (non-hydrogen) atoms. The number of anilines is 1. The average Bonchev–Trinajstić information content (AvgIpc) is 3.34. The minimum atomic E-state index is -0.0879. The van der Waals surface area contributed by atoms with E-state index in [0.29, 0.717) is 11.4 Å². The van der Waals surface area contributed by atoms with E-state index < -0.39 is 0 Å². The van der Waals surface area contributed by atoms with Crippen LogP contribution in [0.1, 0.15) is 15.2 Å². The molecular weight excluding hydrogens is 342 g/mol. The number of aromatic nitrogens is 2. The Morgan fingerprint density at radius 2 is 1.92 bits per heavy atom. The summed E-state index contributed by atoms with van der Waals surface area (Å²) in [6, 6.07) is 21.7. The molecule has 4 nitrogen and oxygen atoms in total. The number of carbonyl (C=O) groups excluding carboxylic acids is 1. The number of thiophene rings is 1. The fourth-order valence-corrected chi connectivity index (χ4v) is 3.66. The smallest absolute Gasteiger partial charge is 0.266 e. The Morgan fingerprint density at radius 1 is 1.04 bits per heavy atom. The maximum Gasteiger partial charge on any atom is 0.266 e. The van der Waals surface area contributed by atoms with Gasteiger partial charge in [-0.05, 0) is 40.8 Å². The van der Waals surface area contributed by atoms with Gasteiger partial charge in [0.25, 0.3) is 5.91 Å². The molecule has 0 bridgehead atoms. The highest BCUT2D eigenvalue weighted by Gasteiger charge is 2.14. The van der Waals surface area contributed by atoms with E-state index >= 15 is 0 Å². The van der Waals surface area contributed by atoms with Crippen molar-refractivity contribution in [2.45, 2.75) is 6.54 Å². The second kappa shape index (κ2) is 7.37. The summed E-state index contributed by atoms with van der Waals surface area (Å²) in [5.74, 6) is -0.0879. The zero-order chi connectivity index (χ0) is 17.8. The van der Waals surface area contributed by atoms with Crippen molar-refractivity contribution < 1.29 is 4.79 Å². The third-order valence-electron chi connectivity index (χ3n) is 4.04. The van der Waals surface area contributed by atoms with Gasteiger partial charge in [-0.15, -0.1) is 11.3 Å². The monoisotopic (exact) mass is 359 g/mol. The highest BCUT2D eigenvalue weighted by molar-refractivity contribution is 7.12. The van der Waals surface area contributed by atoms with Gasteiger partial charge in [-0.1, -0.05) is 42.5 Å². The molecular formula is C21H17N3OS. The maximum atomic E-state index is 12.8. The molecule has 1 N–H and O–H groups in total. The lowest BCUT2D eigenvalue weighted by Gasteiger charge is -2.08. The number of nitrogens with one attached hydrogen (secondary N) is 1. The van der Waals surface area contributed by atoms with E-state index in [4.69, 9.17) is 0 Å². The molecule has 0 fully saturated rings. The third-order valence-corrected chi connectivity index (χ3v) is 4.96. The Morgan fingerprint density at radius 3 is 2.73 bits per heavy atom. The number of benzene rings is 2. The van der Waals surface area contributed by atoms with Crippen LogP contribution in [0, 0.1) is 0 Å². The molecule has 0 spiro atoms. The average molecular weight is 359 g/mol. The van der Waals surface area contributed by atoms with Crippen LogP contribution in [0.2, 0.25) is 0 Å². The Balaban J connectivity index is 1.53. The normalized spacial score (nSPS) is 10.6. The molecule has 5 heteroatoms. The van der Waals surface area contributed by atoms with Gasteiger partial charge in [-0.2, -0.15) is 5.10 Å². The van der Waals surface area contributed by atoms with Crippen molar-refractivity contribution in [1.82, 2.24) is 9.78 Å². The van der Waals surface area contributed by atoms with Crippen LogP contribution in [0.25, 0.3) is 11.1 Å². The quantitative estimate of drug-likeness (QED) is 0.550. The predicted molar refractivity (Wildman–Crippen MR) is 105 cm³/mol. The molecule has 0 aliphatic rings. The first-order chi connectivity index (χ1) is 12.8. The minimum Gasteiger partial charge on any atom is -0.321 e. The van der Waals surface area contributed by atoms with E-state index in [1.165, 1.54) is 11.3 Å². The van der Waals surface area contributed by atoms with Gasteiger partial charge in [0.05, 0.1) is 11.4 Å². The first kappa shape index (κ1) is 16.3. The molecule has 0 radical (unpaired) electrons. The molecule has 1 amide bonds. The van der Waals surface area contributed by atoms with Gasteiger partial charge in [0, 0.05) is 23.6 Å². The molecule has 0 atom stereocenters. The summed E-state index contributed by atoms with van der Waals surface area (Å²) < 4.78 is 1.85. The zero-order valence-corrected chi connectivity index (χ0v) is 14.8. The van der Waals surface area contributed by atoms with Gasteiger partial charge in [0.1, 0.15) is 0 Å². The van der Waals surface area contributed by atoms with Crippen molar-refractivity contribution in [2.24, 2.45) is 0 Å². The van der Waals surface area contributed by atoms with Gasteiger partial charge in [-0.25, -0.2) is 0 Å². The highest BCUT2D eigenvalue weighted by Crippen LogP contribution is 2.29. The van der Waals surface area contributed by atoms with Crippen molar-refractivity contribution in [3.63, 3.8) is 0 Å². The fourth-order valence-electron chi connectivity index (χ4n) is 2.85. The van der Waals surface area contributed by atoms with Crippen molar-refractivity contribution >= 4 is 22.9 Å². The van der Waals surface area contributed by atoms with Crippen molar-refractivity contribution in [1.29, 1.82) is 0 Å². The van der Waals surface area contributed by atoms with E-state index in [1.54, 1.807) is 6.20 Å². The Labute approximate surface area is 155 Å². The summed E-state index contributed by atoms with van der Waals surface area (Å²) in [6.45, 7) is 0.672. The first-order valence-electron chi connectivity index (χ1n) is 8.30. The van der Waals surface area contributed by atoms with E-state index in [2.05, 4.69) is 10.4 Å². The molecule has 2 heterocycles. The van der Waals surface area contributed by atoms with Gasteiger partial charge >= 0.3 is 0 Å². The molecule has 0 saturated heterocycles. The number of nitrogens with zero attached hydrogens (tertiary/aromatic N) is 2. The summed E-state index contributed by atoms with van der Waals surface area (Å²) >= 11 is 1.45. The lowest BCUT2D eigenvalue weighted by molar-refractivity contribution is 0.103. The van der Waals surface area contributed by atoms with Crippen molar-refractivity contribution in [3.05, 3.63) is 94.9 Å². The number of carbonyl (C=O) groups is 1. The summed E-state index contributed by atoms with van der Waals surface area (Å²) in [7, 11) is 0. The molecule has 0 aliphatic carbocycles. The van der Waals surface area contributed by atoms with Crippen LogP contribution >= 0.6 is 11.3 Å². The zero-order valence-electron chi connectivity index (χ0n) is 14.0. The number of amides is 1. The van der Waals surface area contributed by atoms with Crippen molar-refractivity contribution in [3.8, 4) is 11.1 Å². The predicted octanol–water partition coefficient (Wildman–Crippen LogP) is 4.91. The molecule has 0 saturated carbocycles. The van der Waals surface area contributed by atoms with Crippen LogP contribution in [-0.2, 0) is 6.54 Å². The molecule has 2 aromatic carbocycles. The molecule has 2 aromatic heterocycles. The fraction of sp³-hybridized carbons (Fsp3) is 0.0476. The van der Waals surface area contributed by atoms with Gasteiger partial charge in [0.2, 0.25) is 0 Å². The van der Waals surface area contributed by atoms with Crippen LogP contribution < -0.4 is 5.32 Å². The maximum absolute atomic E-state index is 12.8. The SMILES string of the molecule is O=C(Nc1cccc(Cn2cccn2)c1)c1sccc1-c1ccccc1. The summed E-state index contributed by atoms with van der Waals surface area (Å²) in [6.07, 6.45) is 3.68. The summed E-state index contributed by atoms with van der Waals surface area (Å²) in [5.41, 5.74) is 3.88. The Hall–Kier alpha value is -3.18. The standard InChI is InChI=1S/C21H17N3OS/c25-21(20-19(10-13-26-20)17-7-2-1-3-8-17)23-18-9-4-6-16(14-18)15-24-12-5-11-22-24/h1-14H,15H2,(H,23,25). The second-order valence-corrected chi connectivity index (χ2v) is 6.80. The molecule has 0 unspecified atom stereocenters. The number of rotatable bonds is 5. The van der Waals surface area contributed by atoms with Gasteiger partial charge < -0.3 is 5.32 Å². The van der Waals surface area contributed by atoms with Crippen molar-refractivity contribution in [2.75, 3.05) is 5.32 Å². The number of hydrogen-bond acceptors (Lipinski definition) is 3. The van der Waals surface area contributed by atoms with E-state index in [1.807, 2.05) is 83.0 Å². The summed E-state index contributed by atoms with van der Waals surface area (Å²) in [4.78, 5) is 13.5. The summed E-state index contributed by atoms with van der Waals surface area (Å²) in [5, 5.41) is 9.19. The van der Waals surface area contributed by atoms with Crippen LogP contribution in [0.4, 0.5) is 5.69 Å². The first-order valence-corrected chi connectivity index (χ1v) is 9.18. The lowest BCUT2D eigenvalue weighted by atomic mass is 10.1. The molecule has 4 rings (SSSR count). The van der Waals surface area contributed by atoms with E-state index in [-0.39, 0.29) is 5.91 Å². The Bertz CT molecular complexity index is 1010. The van der Waals surface area contributed by atoms with Crippen LogP contribution in [0.15, 0.2) is 84.5 Å². The molecule has 0 aliphatic heterocycles. The van der Waals surface area contributed by atoms with Crippen LogP contribution in [-0.4, -0.2) is 15.7 Å². The van der Waals surface area contributed by atoms with Gasteiger partial charge in [-0.3, -0.25) is 9.48 Å². The molecule has 4 aromatic rings. The van der Waals surface area contributed by atoms with Crippen LogP contribution in [0.5, 0.6) is 0 Å². The van der Waals surface area contributed by atoms with E-state index in [9.17, 15) is 4.79 Å². The highest BCUT2D eigenvalue weighted by atomic mass is 32.1. The van der Waals surface area contributed by atoms with E-state index in [0.717, 1.165) is 22.4 Å². The Kier molecular flexibility index (Phi) is 4.62. The number of hydrogen-bond donors (Lipinski definition) is 1. The molecule has 128 valence electrons. The van der Waals surface area contributed by atoms with Gasteiger partial charge in [0.15, 0.2) is 0 Å². The van der Waals surface area contributed by atoms with Crippen LogP contribution in [0.3, 0.4) is 0 Å². The topological polar surface area (TPSA) is 46.9 Å². The minimum absolute atomic E-state index is 0.0879. The largest absolute Gasteiger partial charge is 0.321 e.